The van der Waals surface area contributed by atoms with Crippen molar-refractivity contribution in [1.82, 2.24) is 0 Å². The third-order valence-corrected chi connectivity index (χ3v) is 4.62. The monoisotopic (exact) mass is 260 g/mol. The molecule has 2 unspecified atom stereocenters. The Bertz CT molecular complexity index is 496. The van der Waals surface area contributed by atoms with Crippen LogP contribution in [0.3, 0.4) is 0 Å². The second-order valence-corrected chi connectivity index (χ2v) is 6.78. The summed E-state index contributed by atoms with van der Waals surface area (Å²) in [5.41, 5.74) is 1.47. The van der Waals surface area contributed by atoms with Crippen molar-refractivity contribution in [3.63, 3.8) is 0 Å². The fourth-order valence-corrected chi connectivity index (χ4v) is 2.23. The molecule has 0 saturated carbocycles. The zero-order valence-corrected chi connectivity index (χ0v) is 11.0. The fourth-order valence-electron chi connectivity index (χ4n) is 1.56. The van der Waals surface area contributed by atoms with Crippen LogP contribution in [0.2, 0.25) is 0 Å². The second kappa shape index (κ2) is 5.14. The topological polar surface area (TPSA) is 54.4 Å². The van der Waals surface area contributed by atoms with Crippen LogP contribution >= 0.6 is 0 Å². The standard InChI is InChI=1S/C12H17FO3S/c1-8-6-11(13)5-4-10(8)7-12(14)9(2)17(3,15)16/h4-6,9,12,14H,7H2,1-3H3. The Morgan fingerprint density at radius 1 is 1.41 bits per heavy atom. The van der Waals surface area contributed by atoms with Gasteiger partial charge in [0.2, 0.25) is 0 Å². The molecular formula is C12H17FO3S. The number of aryl methyl sites for hydroxylation is 1. The number of hydrogen-bond acceptors (Lipinski definition) is 3. The number of rotatable bonds is 4. The molecule has 96 valence electrons. The van der Waals surface area contributed by atoms with Gasteiger partial charge in [0, 0.05) is 6.26 Å². The number of halogens is 1. The lowest BCUT2D eigenvalue weighted by Gasteiger charge is -2.18. The number of hydrogen-bond donors (Lipinski definition) is 1. The highest BCUT2D eigenvalue weighted by Gasteiger charge is 2.24. The Balaban J connectivity index is 2.85. The lowest BCUT2D eigenvalue weighted by Crippen LogP contribution is -2.32. The molecule has 0 amide bonds. The van der Waals surface area contributed by atoms with Crippen molar-refractivity contribution in [2.24, 2.45) is 0 Å². The van der Waals surface area contributed by atoms with Crippen molar-refractivity contribution in [2.45, 2.75) is 31.6 Å². The van der Waals surface area contributed by atoms with Crippen molar-refractivity contribution < 1.29 is 17.9 Å². The summed E-state index contributed by atoms with van der Waals surface area (Å²) in [6.45, 7) is 3.20. The maximum Gasteiger partial charge on any atom is 0.152 e. The first-order valence-corrected chi connectivity index (χ1v) is 7.29. The van der Waals surface area contributed by atoms with Gasteiger partial charge in [0.15, 0.2) is 9.84 Å². The van der Waals surface area contributed by atoms with Crippen molar-refractivity contribution in [2.75, 3.05) is 6.26 Å². The van der Waals surface area contributed by atoms with Gasteiger partial charge in [-0.25, -0.2) is 12.8 Å². The van der Waals surface area contributed by atoms with E-state index in [1.807, 2.05) is 0 Å². The van der Waals surface area contributed by atoms with Crippen molar-refractivity contribution >= 4 is 9.84 Å². The van der Waals surface area contributed by atoms with Crippen LogP contribution in [0.5, 0.6) is 0 Å². The first-order valence-electron chi connectivity index (χ1n) is 5.33. The molecule has 0 spiro atoms. The summed E-state index contributed by atoms with van der Waals surface area (Å²) in [4.78, 5) is 0. The summed E-state index contributed by atoms with van der Waals surface area (Å²) in [6.07, 6.45) is 0.327. The highest BCUT2D eigenvalue weighted by molar-refractivity contribution is 7.91. The van der Waals surface area contributed by atoms with E-state index in [1.54, 1.807) is 13.0 Å². The molecule has 2 atom stereocenters. The van der Waals surface area contributed by atoms with Crippen LogP contribution in [0.15, 0.2) is 18.2 Å². The molecule has 5 heteroatoms. The summed E-state index contributed by atoms with van der Waals surface area (Å²) in [7, 11) is -3.27. The minimum atomic E-state index is -3.27. The first kappa shape index (κ1) is 14.1. The normalized spacial score (nSPS) is 15.6. The Kier molecular flexibility index (Phi) is 4.27. The van der Waals surface area contributed by atoms with Crippen molar-refractivity contribution in [1.29, 1.82) is 0 Å². The van der Waals surface area contributed by atoms with Gasteiger partial charge in [0.25, 0.3) is 0 Å². The summed E-state index contributed by atoms with van der Waals surface area (Å²) < 4.78 is 35.4. The van der Waals surface area contributed by atoms with Crippen LogP contribution in [0.25, 0.3) is 0 Å². The van der Waals surface area contributed by atoms with E-state index in [0.717, 1.165) is 11.8 Å². The van der Waals surface area contributed by atoms with E-state index in [0.29, 0.717) is 5.56 Å². The highest BCUT2D eigenvalue weighted by atomic mass is 32.2. The SMILES string of the molecule is Cc1cc(F)ccc1CC(O)C(C)S(C)(=O)=O. The maximum atomic E-state index is 12.9. The molecule has 0 radical (unpaired) electrons. The third kappa shape index (κ3) is 3.78. The molecular weight excluding hydrogens is 243 g/mol. The molecule has 0 aliphatic carbocycles. The minimum Gasteiger partial charge on any atom is -0.391 e. The van der Waals surface area contributed by atoms with Crippen LogP contribution in [0.1, 0.15) is 18.1 Å². The summed E-state index contributed by atoms with van der Waals surface area (Å²) in [5.74, 6) is -0.336. The maximum absolute atomic E-state index is 12.9. The average Bonchev–Trinajstić information content (AvgIpc) is 2.19. The zero-order valence-electron chi connectivity index (χ0n) is 10.1. The van der Waals surface area contributed by atoms with E-state index >= 15 is 0 Å². The molecule has 1 aromatic rings. The molecule has 0 saturated heterocycles. The van der Waals surface area contributed by atoms with Gasteiger partial charge < -0.3 is 5.11 Å². The third-order valence-electron chi connectivity index (χ3n) is 2.95. The first-order chi connectivity index (χ1) is 7.71. The smallest absolute Gasteiger partial charge is 0.152 e. The predicted molar refractivity (Wildman–Crippen MR) is 65.2 cm³/mol. The van der Waals surface area contributed by atoms with E-state index < -0.39 is 21.2 Å². The quantitative estimate of drug-likeness (QED) is 0.892. The summed E-state index contributed by atoms with van der Waals surface area (Å²) in [6, 6.07) is 4.25. The van der Waals surface area contributed by atoms with E-state index in [2.05, 4.69) is 0 Å². The van der Waals surface area contributed by atoms with E-state index in [-0.39, 0.29) is 12.2 Å². The van der Waals surface area contributed by atoms with E-state index in [1.165, 1.54) is 19.1 Å². The molecule has 1 aromatic carbocycles. The fraction of sp³-hybridized carbons (Fsp3) is 0.500. The molecule has 0 bridgehead atoms. The number of aliphatic hydroxyl groups excluding tert-OH is 1. The van der Waals surface area contributed by atoms with Crippen LogP contribution in [0.4, 0.5) is 4.39 Å². The Morgan fingerprint density at radius 2 is 2.00 bits per heavy atom. The van der Waals surface area contributed by atoms with Gasteiger partial charge in [-0.3, -0.25) is 0 Å². The molecule has 0 aromatic heterocycles. The molecule has 3 nitrogen and oxygen atoms in total. The number of aliphatic hydroxyl groups is 1. The lowest BCUT2D eigenvalue weighted by molar-refractivity contribution is 0.173. The van der Waals surface area contributed by atoms with E-state index in [9.17, 15) is 17.9 Å². The average molecular weight is 260 g/mol. The molecule has 0 fully saturated rings. The van der Waals surface area contributed by atoms with Gasteiger partial charge in [-0.05, 0) is 43.5 Å². The van der Waals surface area contributed by atoms with Gasteiger partial charge in [0.1, 0.15) is 5.82 Å². The highest BCUT2D eigenvalue weighted by Crippen LogP contribution is 2.15. The molecule has 0 aliphatic heterocycles. The van der Waals surface area contributed by atoms with Crippen LogP contribution in [0, 0.1) is 12.7 Å². The van der Waals surface area contributed by atoms with Crippen LogP contribution < -0.4 is 0 Å². The largest absolute Gasteiger partial charge is 0.391 e. The van der Waals surface area contributed by atoms with Gasteiger partial charge in [-0.1, -0.05) is 6.07 Å². The summed E-state index contributed by atoms with van der Waals surface area (Å²) in [5, 5.41) is 9.00. The summed E-state index contributed by atoms with van der Waals surface area (Å²) >= 11 is 0. The molecule has 1 N–H and O–H groups in total. The number of benzene rings is 1. The molecule has 0 heterocycles. The van der Waals surface area contributed by atoms with Crippen molar-refractivity contribution in [3.8, 4) is 0 Å². The van der Waals surface area contributed by atoms with Gasteiger partial charge in [-0.2, -0.15) is 0 Å². The molecule has 0 aliphatic rings. The van der Waals surface area contributed by atoms with Crippen LogP contribution in [-0.4, -0.2) is 31.1 Å². The van der Waals surface area contributed by atoms with Crippen molar-refractivity contribution in [3.05, 3.63) is 35.1 Å². The van der Waals surface area contributed by atoms with E-state index in [4.69, 9.17) is 0 Å². The minimum absolute atomic E-state index is 0.209. The number of sulfone groups is 1. The second-order valence-electron chi connectivity index (χ2n) is 4.38. The molecule has 17 heavy (non-hydrogen) atoms. The Morgan fingerprint density at radius 3 is 2.47 bits per heavy atom. The Hall–Kier alpha value is -0.940. The zero-order chi connectivity index (χ0) is 13.2. The molecule has 1 rings (SSSR count). The lowest BCUT2D eigenvalue weighted by atomic mass is 10.0. The van der Waals surface area contributed by atoms with Crippen LogP contribution in [-0.2, 0) is 16.3 Å². The van der Waals surface area contributed by atoms with Gasteiger partial charge >= 0.3 is 0 Å². The van der Waals surface area contributed by atoms with Gasteiger partial charge in [0.05, 0.1) is 11.4 Å². The predicted octanol–water partition coefficient (Wildman–Crippen LogP) is 1.47. The Labute approximate surface area is 101 Å². The van der Waals surface area contributed by atoms with Gasteiger partial charge in [-0.15, -0.1) is 0 Å².